The third kappa shape index (κ3) is 2.10. The molecule has 0 aliphatic heterocycles. The van der Waals surface area contributed by atoms with Gasteiger partial charge in [-0.1, -0.05) is 0 Å². The molecule has 74 valence electrons. The Kier molecular flexibility index (Phi) is 2.59. The van der Waals surface area contributed by atoms with Crippen LogP contribution in [0.25, 0.3) is 0 Å². The number of methoxy groups -OCH3 is 1. The molecular weight excluding hydrogens is 186 g/mol. The SMILES string of the molecule is COc1cccc([C+]2C=CC(=N)C=C2)c1. The van der Waals surface area contributed by atoms with E-state index in [9.17, 15) is 0 Å². The van der Waals surface area contributed by atoms with Crippen molar-refractivity contribution in [1.82, 2.24) is 0 Å². The third-order valence-corrected chi connectivity index (χ3v) is 2.29. The molecular formula is C13H12NO+. The van der Waals surface area contributed by atoms with Crippen LogP contribution >= 0.6 is 0 Å². The molecule has 0 atom stereocenters. The van der Waals surface area contributed by atoms with Crippen LogP contribution in [0.3, 0.4) is 0 Å². The number of allylic oxidation sites excluding steroid dienone is 4. The van der Waals surface area contributed by atoms with Crippen LogP contribution in [0, 0.1) is 11.3 Å². The molecule has 2 heteroatoms. The molecule has 1 aromatic carbocycles. The van der Waals surface area contributed by atoms with Crippen molar-refractivity contribution in [3.8, 4) is 5.75 Å². The van der Waals surface area contributed by atoms with Gasteiger partial charge in [0.1, 0.15) is 5.71 Å². The number of ether oxygens (including phenoxy) is 1. The average molecular weight is 198 g/mol. The maximum absolute atomic E-state index is 7.41. The summed E-state index contributed by atoms with van der Waals surface area (Å²) in [6, 6.07) is 7.89. The lowest BCUT2D eigenvalue weighted by atomic mass is 9.94. The van der Waals surface area contributed by atoms with Crippen LogP contribution < -0.4 is 4.74 Å². The molecule has 1 aliphatic rings. The normalized spacial score (nSPS) is 14.5. The molecule has 0 bridgehead atoms. The van der Waals surface area contributed by atoms with Gasteiger partial charge in [0.05, 0.1) is 18.6 Å². The van der Waals surface area contributed by atoms with Crippen molar-refractivity contribution in [2.75, 3.05) is 7.11 Å². The Morgan fingerprint density at radius 2 is 1.93 bits per heavy atom. The van der Waals surface area contributed by atoms with Gasteiger partial charge in [-0.3, -0.25) is 5.41 Å². The highest BCUT2D eigenvalue weighted by atomic mass is 16.5. The summed E-state index contributed by atoms with van der Waals surface area (Å²) < 4.78 is 5.16. The zero-order valence-corrected chi connectivity index (χ0v) is 8.53. The molecule has 0 unspecified atom stereocenters. The Labute approximate surface area is 89.4 Å². The number of hydrogen-bond donors (Lipinski definition) is 1. The van der Waals surface area contributed by atoms with Crippen LogP contribution in [-0.2, 0) is 0 Å². The number of rotatable bonds is 2. The van der Waals surface area contributed by atoms with E-state index in [2.05, 4.69) is 0 Å². The van der Waals surface area contributed by atoms with Crippen LogP contribution in [0.15, 0.2) is 48.6 Å². The number of nitrogens with one attached hydrogen (secondary N) is 1. The molecule has 0 aromatic heterocycles. The van der Waals surface area contributed by atoms with Crippen molar-refractivity contribution in [2.45, 2.75) is 0 Å². The summed E-state index contributed by atoms with van der Waals surface area (Å²) in [5.74, 6) is 1.95. The lowest BCUT2D eigenvalue weighted by Crippen LogP contribution is -2.00. The van der Waals surface area contributed by atoms with Gasteiger partial charge in [-0.25, -0.2) is 0 Å². The van der Waals surface area contributed by atoms with E-state index in [0.717, 1.165) is 17.2 Å². The Bertz CT molecular complexity index is 416. The number of hydrogen-bond acceptors (Lipinski definition) is 2. The van der Waals surface area contributed by atoms with Crippen molar-refractivity contribution in [3.05, 3.63) is 60.1 Å². The van der Waals surface area contributed by atoms with Crippen molar-refractivity contribution in [1.29, 1.82) is 5.41 Å². The minimum atomic E-state index is 0.529. The quantitative estimate of drug-likeness (QED) is 0.728. The second kappa shape index (κ2) is 4.05. The lowest BCUT2D eigenvalue weighted by Gasteiger charge is -2.06. The zero-order valence-electron chi connectivity index (χ0n) is 8.53. The predicted octanol–water partition coefficient (Wildman–Crippen LogP) is 2.76. The van der Waals surface area contributed by atoms with Crippen molar-refractivity contribution in [2.24, 2.45) is 0 Å². The van der Waals surface area contributed by atoms with Crippen LogP contribution in [0.4, 0.5) is 0 Å². The third-order valence-electron chi connectivity index (χ3n) is 2.29. The fourth-order valence-corrected chi connectivity index (χ4v) is 1.47. The largest absolute Gasteiger partial charge is 0.489 e. The first-order valence-corrected chi connectivity index (χ1v) is 4.76. The van der Waals surface area contributed by atoms with Crippen LogP contribution in [0.5, 0.6) is 5.75 Å². The highest BCUT2D eigenvalue weighted by molar-refractivity contribution is 6.03. The van der Waals surface area contributed by atoms with E-state index in [1.807, 2.05) is 36.4 Å². The summed E-state index contributed by atoms with van der Waals surface area (Å²) in [6.45, 7) is 0. The molecule has 2 nitrogen and oxygen atoms in total. The van der Waals surface area contributed by atoms with Gasteiger partial charge in [0, 0.05) is 36.4 Å². The summed E-state index contributed by atoms with van der Waals surface area (Å²) in [5, 5.41) is 7.41. The first-order chi connectivity index (χ1) is 7.29. The molecule has 15 heavy (non-hydrogen) atoms. The van der Waals surface area contributed by atoms with Gasteiger partial charge in [0.15, 0.2) is 5.75 Å². The summed E-state index contributed by atoms with van der Waals surface area (Å²) >= 11 is 0. The van der Waals surface area contributed by atoms with E-state index in [1.165, 1.54) is 0 Å². The van der Waals surface area contributed by atoms with Crippen LogP contribution in [-0.4, -0.2) is 12.8 Å². The fraction of sp³-hybridized carbons (Fsp3) is 0.0769. The van der Waals surface area contributed by atoms with E-state index in [-0.39, 0.29) is 0 Å². The Hall–Kier alpha value is -1.96. The second-order valence-corrected chi connectivity index (χ2v) is 3.31. The van der Waals surface area contributed by atoms with Gasteiger partial charge < -0.3 is 4.74 Å². The van der Waals surface area contributed by atoms with E-state index in [1.54, 1.807) is 19.3 Å². The second-order valence-electron chi connectivity index (χ2n) is 3.31. The molecule has 0 fully saturated rings. The molecule has 0 heterocycles. The predicted molar refractivity (Wildman–Crippen MR) is 61.3 cm³/mol. The molecule has 0 spiro atoms. The first kappa shape index (κ1) is 9.59. The first-order valence-electron chi connectivity index (χ1n) is 4.76. The van der Waals surface area contributed by atoms with E-state index < -0.39 is 0 Å². The summed E-state index contributed by atoms with van der Waals surface area (Å²) in [6.07, 6.45) is 7.46. The molecule has 1 N–H and O–H groups in total. The Morgan fingerprint density at radius 3 is 2.60 bits per heavy atom. The highest BCUT2D eigenvalue weighted by Crippen LogP contribution is 2.24. The number of benzene rings is 1. The maximum atomic E-state index is 7.41. The van der Waals surface area contributed by atoms with Crippen molar-refractivity contribution in [3.63, 3.8) is 0 Å². The van der Waals surface area contributed by atoms with E-state index >= 15 is 0 Å². The van der Waals surface area contributed by atoms with E-state index in [4.69, 9.17) is 10.1 Å². The minimum Gasteiger partial charge on any atom is -0.489 e. The molecule has 2 rings (SSSR count). The van der Waals surface area contributed by atoms with Gasteiger partial charge in [0.2, 0.25) is 0 Å². The zero-order chi connectivity index (χ0) is 10.7. The molecule has 1 aliphatic carbocycles. The minimum absolute atomic E-state index is 0.529. The van der Waals surface area contributed by atoms with Gasteiger partial charge in [-0.2, -0.15) is 0 Å². The molecule has 1 aromatic rings. The topological polar surface area (TPSA) is 33.1 Å². The fourth-order valence-electron chi connectivity index (χ4n) is 1.47. The molecule has 0 saturated heterocycles. The lowest BCUT2D eigenvalue weighted by molar-refractivity contribution is 0.414. The van der Waals surface area contributed by atoms with Crippen LogP contribution in [0.1, 0.15) is 5.56 Å². The summed E-state index contributed by atoms with van der Waals surface area (Å²) in [7, 11) is 1.66. The van der Waals surface area contributed by atoms with Crippen molar-refractivity contribution < 1.29 is 4.74 Å². The standard InChI is InChI=1S/C13H12NO/c1-15-13-4-2-3-11(9-13)10-5-7-12(14)8-6-10/h2-9,14H,1H3/q+1. The maximum Gasteiger partial charge on any atom is 0.153 e. The average Bonchev–Trinajstić information content (AvgIpc) is 2.30. The van der Waals surface area contributed by atoms with E-state index in [0.29, 0.717) is 5.71 Å². The molecule has 0 amide bonds. The smallest absolute Gasteiger partial charge is 0.153 e. The van der Waals surface area contributed by atoms with Gasteiger partial charge in [-0.15, -0.1) is 0 Å². The monoisotopic (exact) mass is 198 g/mol. The highest BCUT2D eigenvalue weighted by Gasteiger charge is 2.15. The Morgan fingerprint density at radius 1 is 1.20 bits per heavy atom. The molecule has 0 saturated carbocycles. The summed E-state index contributed by atoms with van der Waals surface area (Å²) in [4.78, 5) is 0. The van der Waals surface area contributed by atoms with Crippen LogP contribution in [0.2, 0.25) is 0 Å². The van der Waals surface area contributed by atoms with Crippen molar-refractivity contribution >= 4 is 5.71 Å². The van der Waals surface area contributed by atoms with Gasteiger partial charge >= 0.3 is 0 Å². The van der Waals surface area contributed by atoms with Gasteiger partial charge in [-0.05, 0) is 12.1 Å². The Balaban J connectivity index is 2.26. The molecule has 0 radical (unpaired) electrons. The summed E-state index contributed by atoms with van der Waals surface area (Å²) in [5.41, 5.74) is 1.64. The van der Waals surface area contributed by atoms with Gasteiger partial charge in [0.25, 0.3) is 0 Å².